The van der Waals surface area contributed by atoms with Crippen LogP contribution < -0.4 is 5.32 Å². The van der Waals surface area contributed by atoms with Crippen molar-refractivity contribution < 1.29 is 4.52 Å². The highest BCUT2D eigenvalue weighted by atomic mass is 16.5. The molecule has 18 heavy (non-hydrogen) atoms. The SMILES string of the molecule is CC(C)NCc1nc(C2CN3CCN2CC3)no1. The first-order valence-corrected chi connectivity index (χ1v) is 6.74. The summed E-state index contributed by atoms with van der Waals surface area (Å²) in [5.74, 6) is 1.54. The average molecular weight is 251 g/mol. The van der Waals surface area contributed by atoms with Crippen molar-refractivity contribution in [2.24, 2.45) is 0 Å². The maximum absolute atomic E-state index is 5.31. The van der Waals surface area contributed by atoms with E-state index in [9.17, 15) is 0 Å². The third kappa shape index (κ3) is 2.41. The third-order valence-electron chi connectivity index (χ3n) is 3.72. The highest BCUT2D eigenvalue weighted by molar-refractivity contribution is 5.01. The van der Waals surface area contributed by atoms with Gasteiger partial charge in [-0.3, -0.25) is 9.80 Å². The molecule has 1 N–H and O–H groups in total. The highest BCUT2D eigenvalue weighted by Gasteiger charge is 2.35. The average Bonchev–Trinajstić information content (AvgIpc) is 2.86. The van der Waals surface area contributed by atoms with E-state index < -0.39 is 0 Å². The molecule has 4 rings (SSSR count). The molecule has 6 nitrogen and oxygen atoms in total. The van der Waals surface area contributed by atoms with E-state index in [1.807, 2.05) is 0 Å². The Morgan fingerprint density at radius 1 is 1.33 bits per heavy atom. The Morgan fingerprint density at radius 2 is 2.11 bits per heavy atom. The number of fused-ring (bicyclic) bond motifs is 3. The lowest BCUT2D eigenvalue weighted by molar-refractivity contribution is 0.00781. The lowest BCUT2D eigenvalue weighted by Crippen LogP contribution is -2.57. The van der Waals surface area contributed by atoms with Crippen molar-refractivity contribution in [1.82, 2.24) is 25.3 Å². The summed E-state index contributed by atoms with van der Waals surface area (Å²) in [5, 5.41) is 7.43. The van der Waals surface area contributed by atoms with E-state index in [0.717, 1.165) is 25.5 Å². The maximum atomic E-state index is 5.31. The Bertz CT molecular complexity index is 397. The molecule has 1 atom stereocenters. The molecule has 100 valence electrons. The Hall–Kier alpha value is -0.980. The van der Waals surface area contributed by atoms with Crippen LogP contribution in [0.15, 0.2) is 4.52 Å². The van der Waals surface area contributed by atoms with Gasteiger partial charge in [-0.05, 0) is 0 Å². The van der Waals surface area contributed by atoms with Crippen molar-refractivity contribution in [1.29, 1.82) is 0 Å². The van der Waals surface area contributed by atoms with Crippen LogP contribution in [0.1, 0.15) is 31.6 Å². The monoisotopic (exact) mass is 251 g/mol. The van der Waals surface area contributed by atoms with Gasteiger partial charge < -0.3 is 9.84 Å². The van der Waals surface area contributed by atoms with Crippen molar-refractivity contribution >= 4 is 0 Å². The molecule has 1 aromatic heterocycles. The van der Waals surface area contributed by atoms with Gasteiger partial charge in [0.15, 0.2) is 5.82 Å². The molecule has 2 bridgehead atoms. The van der Waals surface area contributed by atoms with Crippen molar-refractivity contribution in [3.05, 3.63) is 11.7 Å². The molecular formula is C12H21N5O. The number of piperazine rings is 3. The zero-order valence-electron chi connectivity index (χ0n) is 11.1. The van der Waals surface area contributed by atoms with Crippen LogP contribution in [-0.2, 0) is 6.54 Å². The first-order chi connectivity index (χ1) is 8.72. The molecule has 3 aliphatic rings. The van der Waals surface area contributed by atoms with Crippen LogP contribution in [0.3, 0.4) is 0 Å². The highest BCUT2D eigenvalue weighted by Crippen LogP contribution is 2.26. The molecule has 1 unspecified atom stereocenters. The van der Waals surface area contributed by atoms with Crippen molar-refractivity contribution in [2.75, 3.05) is 32.7 Å². The van der Waals surface area contributed by atoms with Gasteiger partial charge in [-0.15, -0.1) is 0 Å². The van der Waals surface area contributed by atoms with Crippen LogP contribution in [-0.4, -0.2) is 58.7 Å². The Morgan fingerprint density at radius 3 is 2.72 bits per heavy atom. The van der Waals surface area contributed by atoms with Gasteiger partial charge in [0.05, 0.1) is 12.6 Å². The van der Waals surface area contributed by atoms with Crippen LogP contribution in [0.5, 0.6) is 0 Å². The standard InChI is InChI=1S/C12H21N5O/c1-9(2)13-7-11-14-12(15-18-11)10-8-16-3-5-17(10)6-4-16/h9-10,13H,3-8H2,1-2H3. The minimum atomic E-state index is 0.323. The van der Waals surface area contributed by atoms with Crippen molar-refractivity contribution in [3.63, 3.8) is 0 Å². The van der Waals surface area contributed by atoms with E-state index in [2.05, 4.69) is 39.1 Å². The smallest absolute Gasteiger partial charge is 0.240 e. The van der Waals surface area contributed by atoms with Crippen LogP contribution in [0, 0.1) is 0 Å². The van der Waals surface area contributed by atoms with Crippen LogP contribution in [0.25, 0.3) is 0 Å². The first-order valence-electron chi connectivity index (χ1n) is 6.74. The fourth-order valence-corrected chi connectivity index (χ4v) is 2.63. The molecule has 3 aliphatic heterocycles. The Labute approximate surface area is 107 Å². The minimum Gasteiger partial charge on any atom is -0.338 e. The number of rotatable bonds is 4. The zero-order chi connectivity index (χ0) is 12.5. The van der Waals surface area contributed by atoms with E-state index in [1.165, 1.54) is 13.1 Å². The summed E-state index contributed by atoms with van der Waals surface area (Å²) >= 11 is 0. The molecular weight excluding hydrogens is 230 g/mol. The largest absolute Gasteiger partial charge is 0.338 e. The van der Waals surface area contributed by atoms with Gasteiger partial charge >= 0.3 is 0 Å². The molecule has 0 aromatic carbocycles. The third-order valence-corrected chi connectivity index (χ3v) is 3.72. The minimum absolute atomic E-state index is 0.323. The Balaban J connectivity index is 1.66. The molecule has 0 radical (unpaired) electrons. The van der Waals surface area contributed by atoms with E-state index in [0.29, 0.717) is 24.5 Å². The lowest BCUT2D eigenvalue weighted by Gasteiger charge is -2.46. The van der Waals surface area contributed by atoms with Gasteiger partial charge in [0.25, 0.3) is 0 Å². The number of hydrogen-bond donors (Lipinski definition) is 1. The summed E-state index contributed by atoms with van der Waals surface area (Å²) in [6.45, 7) is 10.5. The summed E-state index contributed by atoms with van der Waals surface area (Å²) < 4.78 is 5.31. The second-order valence-corrected chi connectivity index (χ2v) is 5.43. The van der Waals surface area contributed by atoms with Gasteiger partial charge in [-0.1, -0.05) is 19.0 Å². The van der Waals surface area contributed by atoms with Gasteiger partial charge in [-0.2, -0.15) is 4.98 Å². The van der Waals surface area contributed by atoms with Crippen LogP contribution >= 0.6 is 0 Å². The van der Waals surface area contributed by atoms with E-state index in [4.69, 9.17) is 4.52 Å². The van der Waals surface area contributed by atoms with Gasteiger partial charge in [0.1, 0.15) is 0 Å². The second-order valence-electron chi connectivity index (χ2n) is 5.43. The zero-order valence-corrected chi connectivity index (χ0v) is 11.1. The number of nitrogens with one attached hydrogen (secondary N) is 1. The van der Waals surface area contributed by atoms with E-state index >= 15 is 0 Å². The molecule has 4 heterocycles. The summed E-state index contributed by atoms with van der Waals surface area (Å²) in [5.41, 5.74) is 0. The van der Waals surface area contributed by atoms with Crippen LogP contribution in [0.2, 0.25) is 0 Å². The molecule has 0 aliphatic carbocycles. The van der Waals surface area contributed by atoms with Gasteiger partial charge in [0, 0.05) is 38.8 Å². The lowest BCUT2D eigenvalue weighted by atomic mass is 10.1. The predicted molar refractivity (Wildman–Crippen MR) is 67.0 cm³/mol. The molecule has 3 fully saturated rings. The van der Waals surface area contributed by atoms with Gasteiger partial charge in [-0.25, -0.2) is 0 Å². The molecule has 0 spiro atoms. The summed E-state index contributed by atoms with van der Waals surface area (Å²) in [6.07, 6.45) is 0. The number of aromatic nitrogens is 2. The summed E-state index contributed by atoms with van der Waals surface area (Å²) in [4.78, 5) is 9.46. The fraction of sp³-hybridized carbons (Fsp3) is 0.833. The number of hydrogen-bond acceptors (Lipinski definition) is 6. The van der Waals surface area contributed by atoms with Crippen molar-refractivity contribution in [2.45, 2.75) is 32.5 Å². The summed E-state index contributed by atoms with van der Waals surface area (Å²) in [7, 11) is 0. The molecule has 0 saturated carbocycles. The van der Waals surface area contributed by atoms with E-state index in [1.54, 1.807) is 0 Å². The van der Waals surface area contributed by atoms with Gasteiger partial charge in [0.2, 0.25) is 5.89 Å². The molecule has 0 amide bonds. The fourth-order valence-electron chi connectivity index (χ4n) is 2.63. The Kier molecular flexibility index (Phi) is 3.32. The molecule has 1 aromatic rings. The number of nitrogens with zero attached hydrogens (tertiary/aromatic N) is 4. The predicted octanol–water partition coefficient (Wildman–Crippen LogP) is 0.240. The molecule has 6 heteroatoms. The van der Waals surface area contributed by atoms with E-state index in [-0.39, 0.29) is 0 Å². The van der Waals surface area contributed by atoms with Crippen molar-refractivity contribution in [3.8, 4) is 0 Å². The quantitative estimate of drug-likeness (QED) is 0.827. The van der Waals surface area contributed by atoms with Crippen LogP contribution in [0.4, 0.5) is 0 Å². The topological polar surface area (TPSA) is 57.4 Å². The second kappa shape index (κ2) is 4.95. The molecule has 3 saturated heterocycles. The summed E-state index contributed by atoms with van der Waals surface area (Å²) in [6, 6.07) is 0.755. The first kappa shape index (κ1) is 12.1. The normalized spacial score (nSPS) is 31.2. The maximum Gasteiger partial charge on any atom is 0.240 e.